The summed E-state index contributed by atoms with van der Waals surface area (Å²) in [4.78, 5) is 0. The lowest BCUT2D eigenvalue weighted by Gasteiger charge is -2.04. The van der Waals surface area contributed by atoms with Crippen LogP contribution in [0.5, 0.6) is 0 Å². The molecule has 1 aromatic carbocycles. The highest BCUT2D eigenvalue weighted by Crippen LogP contribution is 2.07. The predicted octanol–water partition coefficient (Wildman–Crippen LogP) is 2.93. The number of hydrogen-bond donors (Lipinski definition) is 2. The van der Waals surface area contributed by atoms with Crippen LogP contribution in [-0.2, 0) is 6.54 Å². The molecule has 0 amide bonds. The average molecular weight is 294 g/mol. The first kappa shape index (κ1) is 13.6. The van der Waals surface area contributed by atoms with Gasteiger partial charge in [-0.2, -0.15) is 5.10 Å². The Balaban J connectivity index is 1.75. The zero-order chi connectivity index (χ0) is 13.5. The van der Waals surface area contributed by atoms with Gasteiger partial charge in [-0.1, -0.05) is 23.7 Å². The first-order valence-corrected chi connectivity index (χ1v) is 6.37. The minimum Gasteiger partial charge on any atom is -0.467 e. The maximum atomic E-state index is 5.79. The highest BCUT2D eigenvalue weighted by Gasteiger charge is 1.96. The van der Waals surface area contributed by atoms with Gasteiger partial charge in [0.1, 0.15) is 5.76 Å². The number of nitrogens with one attached hydrogen (secondary N) is 2. The van der Waals surface area contributed by atoms with Crippen molar-refractivity contribution in [3.05, 3.63) is 59.0 Å². The lowest BCUT2D eigenvalue weighted by atomic mass is 10.2. The fraction of sp³-hybridized carbons (Fsp3) is 0.0769. The van der Waals surface area contributed by atoms with Crippen molar-refractivity contribution >= 4 is 35.1 Å². The normalized spacial score (nSPS) is 10.6. The van der Waals surface area contributed by atoms with Crippen molar-refractivity contribution in [3.63, 3.8) is 0 Å². The van der Waals surface area contributed by atoms with E-state index in [2.05, 4.69) is 15.8 Å². The Morgan fingerprint density at radius 2 is 2.11 bits per heavy atom. The van der Waals surface area contributed by atoms with E-state index in [1.54, 1.807) is 24.6 Å². The summed E-state index contributed by atoms with van der Waals surface area (Å²) in [5, 5.41) is 8.12. The van der Waals surface area contributed by atoms with E-state index in [0.717, 1.165) is 11.3 Å². The summed E-state index contributed by atoms with van der Waals surface area (Å²) in [6.07, 6.45) is 3.28. The Kier molecular flexibility index (Phi) is 4.94. The number of thiocarbonyl (C=S) groups is 1. The van der Waals surface area contributed by atoms with Crippen molar-refractivity contribution in [2.75, 3.05) is 0 Å². The van der Waals surface area contributed by atoms with E-state index in [1.165, 1.54) is 0 Å². The molecule has 0 fully saturated rings. The number of rotatable bonds is 4. The summed E-state index contributed by atoms with van der Waals surface area (Å²) in [6.45, 7) is 0.523. The molecule has 1 aromatic heterocycles. The van der Waals surface area contributed by atoms with Crippen molar-refractivity contribution < 1.29 is 4.42 Å². The van der Waals surface area contributed by atoms with Gasteiger partial charge in [0.2, 0.25) is 0 Å². The molecule has 0 aliphatic heterocycles. The molecule has 2 aromatic rings. The molecule has 98 valence electrons. The molecule has 0 saturated carbocycles. The minimum absolute atomic E-state index is 0.432. The summed E-state index contributed by atoms with van der Waals surface area (Å²) in [5.74, 6) is 0.811. The Labute approximate surface area is 121 Å². The largest absolute Gasteiger partial charge is 0.467 e. The summed E-state index contributed by atoms with van der Waals surface area (Å²) in [5.41, 5.74) is 3.66. The van der Waals surface area contributed by atoms with Gasteiger partial charge in [0.25, 0.3) is 0 Å². The fourth-order valence-corrected chi connectivity index (χ4v) is 1.59. The van der Waals surface area contributed by atoms with Gasteiger partial charge in [-0.15, -0.1) is 0 Å². The van der Waals surface area contributed by atoms with E-state index in [-0.39, 0.29) is 0 Å². The van der Waals surface area contributed by atoms with Gasteiger partial charge >= 0.3 is 0 Å². The second-order valence-electron chi connectivity index (χ2n) is 3.68. The Bertz CT molecular complexity index is 552. The number of benzene rings is 1. The molecule has 0 saturated heterocycles. The van der Waals surface area contributed by atoms with E-state index >= 15 is 0 Å². The van der Waals surface area contributed by atoms with Crippen LogP contribution in [0.1, 0.15) is 11.3 Å². The molecule has 0 bridgehead atoms. The van der Waals surface area contributed by atoms with Crippen molar-refractivity contribution in [1.82, 2.24) is 10.7 Å². The Hall–Kier alpha value is -1.85. The lowest BCUT2D eigenvalue weighted by Crippen LogP contribution is -2.31. The smallest absolute Gasteiger partial charge is 0.187 e. The number of nitrogens with zero attached hydrogens (tertiary/aromatic N) is 1. The average Bonchev–Trinajstić information content (AvgIpc) is 2.92. The van der Waals surface area contributed by atoms with Gasteiger partial charge in [-0.05, 0) is 42.0 Å². The van der Waals surface area contributed by atoms with Crippen LogP contribution in [0.4, 0.5) is 0 Å². The van der Waals surface area contributed by atoms with Gasteiger partial charge in [-0.3, -0.25) is 5.43 Å². The minimum atomic E-state index is 0.432. The number of furan rings is 1. The fourth-order valence-electron chi connectivity index (χ4n) is 1.33. The van der Waals surface area contributed by atoms with E-state index in [4.69, 9.17) is 28.2 Å². The van der Waals surface area contributed by atoms with E-state index < -0.39 is 0 Å². The monoisotopic (exact) mass is 293 g/mol. The molecule has 19 heavy (non-hydrogen) atoms. The number of halogens is 1. The van der Waals surface area contributed by atoms with Crippen molar-refractivity contribution in [2.24, 2.45) is 5.10 Å². The molecule has 4 nitrogen and oxygen atoms in total. The van der Waals surface area contributed by atoms with Gasteiger partial charge in [0, 0.05) is 5.02 Å². The SMILES string of the molecule is S=C(NCc1ccco1)NN=Cc1ccc(Cl)cc1. The van der Waals surface area contributed by atoms with E-state index in [9.17, 15) is 0 Å². The molecule has 1 heterocycles. The van der Waals surface area contributed by atoms with Crippen molar-refractivity contribution in [3.8, 4) is 0 Å². The molecular formula is C13H12ClN3OS. The van der Waals surface area contributed by atoms with E-state index in [1.807, 2.05) is 24.3 Å². The van der Waals surface area contributed by atoms with Crippen LogP contribution in [0.15, 0.2) is 52.2 Å². The molecule has 0 aliphatic carbocycles. The summed E-state index contributed by atoms with van der Waals surface area (Å²) < 4.78 is 5.17. The molecule has 6 heteroatoms. The molecule has 0 atom stereocenters. The van der Waals surface area contributed by atoms with Crippen LogP contribution >= 0.6 is 23.8 Å². The summed E-state index contributed by atoms with van der Waals surface area (Å²) >= 11 is 10.9. The van der Waals surface area contributed by atoms with Gasteiger partial charge in [0.05, 0.1) is 19.0 Å². The molecule has 0 unspecified atom stereocenters. The van der Waals surface area contributed by atoms with Crippen LogP contribution < -0.4 is 10.7 Å². The molecule has 2 N–H and O–H groups in total. The Morgan fingerprint density at radius 1 is 1.32 bits per heavy atom. The van der Waals surface area contributed by atoms with Crippen LogP contribution in [0.2, 0.25) is 5.02 Å². The molecule has 0 spiro atoms. The maximum Gasteiger partial charge on any atom is 0.187 e. The highest BCUT2D eigenvalue weighted by molar-refractivity contribution is 7.80. The van der Waals surface area contributed by atoms with Crippen LogP contribution in [0, 0.1) is 0 Å². The van der Waals surface area contributed by atoms with E-state index in [0.29, 0.717) is 16.7 Å². The molecule has 0 aliphatic rings. The van der Waals surface area contributed by atoms with Crippen molar-refractivity contribution in [2.45, 2.75) is 6.54 Å². The predicted molar refractivity (Wildman–Crippen MR) is 80.3 cm³/mol. The van der Waals surface area contributed by atoms with Gasteiger partial charge in [-0.25, -0.2) is 0 Å². The maximum absolute atomic E-state index is 5.79. The summed E-state index contributed by atoms with van der Waals surface area (Å²) in [7, 11) is 0. The number of hydrazone groups is 1. The zero-order valence-corrected chi connectivity index (χ0v) is 11.5. The first-order valence-electron chi connectivity index (χ1n) is 5.59. The van der Waals surface area contributed by atoms with Crippen molar-refractivity contribution in [1.29, 1.82) is 0 Å². The second-order valence-corrected chi connectivity index (χ2v) is 4.53. The van der Waals surface area contributed by atoms with Crippen LogP contribution in [0.25, 0.3) is 0 Å². The Morgan fingerprint density at radius 3 is 2.79 bits per heavy atom. The first-order chi connectivity index (χ1) is 9.24. The third-order valence-corrected chi connectivity index (χ3v) is 2.74. The zero-order valence-electron chi connectivity index (χ0n) is 9.97. The molecule has 0 radical (unpaired) electrons. The lowest BCUT2D eigenvalue weighted by molar-refractivity contribution is 0.502. The highest BCUT2D eigenvalue weighted by atomic mass is 35.5. The molecular weight excluding hydrogens is 282 g/mol. The topological polar surface area (TPSA) is 49.6 Å². The van der Waals surface area contributed by atoms with Gasteiger partial charge < -0.3 is 9.73 Å². The summed E-state index contributed by atoms with van der Waals surface area (Å²) in [6, 6.07) is 11.0. The molecule has 2 rings (SSSR count). The van der Waals surface area contributed by atoms with Crippen LogP contribution in [-0.4, -0.2) is 11.3 Å². The van der Waals surface area contributed by atoms with Crippen LogP contribution in [0.3, 0.4) is 0 Å². The second kappa shape index (κ2) is 6.92. The van der Waals surface area contributed by atoms with Gasteiger partial charge in [0.15, 0.2) is 5.11 Å². The third kappa shape index (κ3) is 4.73. The quantitative estimate of drug-likeness (QED) is 0.517. The third-order valence-electron chi connectivity index (χ3n) is 2.25. The number of hydrogen-bond acceptors (Lipinski definition) is 3. The standard InChI is InChI=1S/C13H12ClN3OS/c14-11-5-3-10(4-6-11)8-16-17-13(19)15-9-12-2-1-7-18-12/h1-8H,9H2,(H2,15,17,19).